The molecule has 0 fully saturated rings. The van der Waals surface area contributed by atoms with Crippen LogP contribution in [0.2, 0.25) is 0 Å². The fraction of sp³-hybridized carbons (Fsp3) is 0.0909. The molecule has 4 heteroatoms. The molecule has 0 atom stereocenters. The summed E-state index contributed by atoms with van der Waals surface area (Å²) in [4.78, 5) is 12.1. The van der Waals surface area contributed by atoms with Gasteiger partial charge in [0.15, 0.2) is 0 Å². The average Bonchev–Trinajstić information content (AvgIpc) is 3.05. The van der Waals surface area contributed by atoms with Gasteiger partial charge in [-0.15, -0.1) is 0 Å². The van der Waals surface area contributed by atoms with E-state index in [1.54, 1.807) is 6.21 Å². The predicted octanol–water partition coefficient (Wildman–Crippen LogP) is 4.02. The third-order valence-electron chi connectivity index (χ3n) is 4.59. The Hall–Kier alpha value is -3.40. The van der Waals surface area contributed by atoms with Crippen molar-refractivity contribution in [2.24, 2.45) is 12.1 Å². The Morgan fingerprint density at radius 3 is 2.27 bits per heavy atom. The van der Waals surface area contributed by atoms with E-state index in [0.717, 1.165) is 32.8 Å². The highest BCUT2D eigenvalue weighted by Gasteiger charge is 2.07. The molecule has 0 saturated heterocycles. The number of benzene rings is 3. The van der Waals surface area contributed by atoms with Crippen LogP contribution in [0.4, 0.5) is 0 Å². The van der Waals surface area contributed by atoms with Gasteiger partial charge in [0.1, 0.15) is 0 Å². The molecule has 26 heavy (non-hydrogen) atoms. The number of fused-ring (bicyclic) bond motifs is 2. The Bertz CT molecular complexity index is 1070. The lowest BCUT2D eigenvalue weighted by Gasteiger charge is -2.08. The molecule has 1 aromatic heterocycles. The van der Waals surface area contributed by atoms with Crippen molar-refractivity contribution in [1.29, 1.82) is 0 Å². The molecule has 4 nitrogen and oxygen atoms in total. The molecule has 4 aromatic rings. The normalized spacial score (nSPS) is 11.4. The van der Waals surface area contributed by atoms with Gasteiger partial charge in [-0.2, -0.15) is 5.10 Å². The van der Waals surface area contributed by atoms with Crippen LogP contribution >= 0.6 is 0 Å². The number of hydrogen-bond donors (Lipinski definition) is 1. The van der Waals surface area contributed by atoms with E-state index >= 15 is 0 Å². The first kappa shape index (κ1) is 16.1. The number of hydrazone groups is 1. The van der Waals surface area contributed by atoms with Crippen LogP contribution in [-0.4, -0.2) is 16.7 Å². The molecule has 0 radical (unpaired) electrons. The molecule has 3 aromatic carbocycles. The second kappa shape index (κ2) is 6.84. The van der Waals surface area contributed by atoms with Crippen molar-refractivity contribution < 1.29 is 4.79 Å². The third-order valence-corrected chi connectivity index (χ3v) is 4.59. The molecule has 1 heterocycles. The van der Waals surface area contributed by atoms with E-state index in [9.17, 15) is 4.79 Å². The van der Waals surface area contributed by atoms with Gasteiger partial charge < -0.3 is 4.57 Å². The Morgan fingerprint density at radius 1 is 1.00 bits per heavy atom. The zero-order chi connectivity index (χ0) is 17.9. The van der Waals surface area contributed by atoms with Crippen molar-refractivity contribution in [3.05, 3.63) is 84.2 Å². The highest BCUT2D eigenvalue weighted by atomic mass is 16.2. The second-order valence-electron chi connectivity index (χ2n) is 6.31. The van der Waals surface area contributed by atoms with Crippen molar-refractivity contribution >= 4 is 33.7 Å². The fourth-order valence-corrected chi connectivity index (χ4v) is 3.24. The van der Waals surface area contributed by atoms with Crippen LogP contribution in [0.15, 0.2) is 78.0 Å². The standard InChI is InChI=1S/C22H19N3O/c1-25-12-6-9-18(25)14-22(26)24-23-15-21-19-10-4-2-7-16(19)13-17-8-3-5-11-20(17)21/h2-13,15H,14H2,1H3,(H,24,26)/b23-15-. The average molecular weight is 341 g/mol. The summed E-state index contributed by atoms with van der Waals surface area (Å²) < 4.78 is 1.93. The monoisotopic (exact) mass is 341 g/mol. The molecule has 1 N–H and O–H groups in total. The minimum atomic E-state index is -0.132. The maximum absolute atomic E-state index is 12.1. The number of aromatic nitrogens is 1. The van der Waals surface area contributed by atoms with Gasteiger partial charge in [0.05, 0.1) is 12.6 Å². The third kappa shape index (κ3) is 3.09. The Labute approximate surface area is 151 Å². The molecule has 0 aliphatic heterocycles. The van der Waals surface area contributed by atoms with Gasteiger partial charge in [-0.3, -0.25) is 4.79 Å². The Balaban J connectivity index is 1.64. The van der Waals surface area contributed by atoms with E-state index in [-0.39, 0.29) is 5.91 Å². The van der Waals surface area contributed by atoms with E-state index in [0.29, 0.717) is 6.42 Å². The fourth-order valence-electron chi connectivity index (χ4n) is 3.24. The molecule has 0 spiro atoms. The van der Waals surface area contributed by atoms with Crippen LogP contribution in [0.3, 0.4) is 0 Å². The zero-order valence-electron chi connectivity index (χ0n) is 14.5. The van der Waals surface area contributed by atoms with Gasteiger partial charge in [0.2, 0.25) is 5.91 Å². The van der Waals surface area contributed by atoms with Crippen molar-refractivity contribution in [2.45, 2.75) is 6.42 Å². The first-order valence-electron chi connectivity index (χ1n) is 8.55. The molecular formula is C22H19N3O. The molecule has 1 amide bonds. The molecule has 0 saturated carbocycles. The van der Waals surface area contributed by atoms with Gasteiger partial charge in [-0.25, -0.2) is 5.43 Å². The molecule has 128 valence electrons. The summed E-state index contributed by atoms with van der Waals surface area (Å²) in [5.41, 5.74) is 4.61. The highest BCUT2D eigenvalue weighted by molar-refractivity contribution is 6.13. The number of hydrogen-bond acceptors (Lipinski definition) is 2. The van der Waals surface area contributed by atoms with Crippen LogP contribution < -0.4 is 5.43 Å². The maximum Gasteiger partial charge on any atom is 0.245 e. The van der Waals surface area contributed by atoms with Crippen molar-refractivity contribution in [1.82, 2.24) is 9.99 Å². The van der Waals surface area contributed by atoms with Gasteiger partial charge >= 0.3 is 0 Å². The summed E-state index contributed by atoms with van der Waals surface area (Å²) in [6.07, 6.45) is 3.97. The molecule has 0 aliphatic carbocycles. The molecule has 0 bridgehead atoms. The molecule has 0 unspecified atom stereocenters. The van der Waals surface area contributed by atoms with Crippen LogP contribution in [-0.2, 0) is 18.3 Å². The Kier molecular flexibility index (Phi) is 4.23. The Morgan fingerprint density at radius 2 is 1.65 bits per heavy atom. The number of aryl methyl sites for hydroxylation is 1. The molecule has 4 rings (SSSR count). The van der Waals surface area contributed by atoms with Gasteiger partial charge in [0, 0.05) is 24.5 Å². The minimum Gasteiger partial charge on any atom is -0.354 e. The van der Waals surface area contributed by atoms with E-state index in [4.69, 9.17) is 0 Å². The molecular weight excluding hydrogens is 322 g/mol. The number of carbonyl (C=O) groups excluding carboxylic acids is 1. The predicted molar refractivity (Wildman–Crippen MR) is 106 cm³/mol. The largest absolute Gasteiger partial charge is 0.354 e. The van der Waals surface area contributed by atoms with Gasteiger partial charge in [-0.1, -0.05) is 48.5 Å². The number of rotatable bonds is 4. The summed E-state index contributed by atoms with van der Waals surface area (Å²) in [5.74, 6) is -0.132. The summed E-state index contributed by atoms with van der Waals surface area (Å²) >= 11 is 0. The van der Waals surface area contributed by atoms with E-state index in [2.05, 4.69) is 40.9 Å². The number of carbonyl (C=O) groups is 1. The van der Waals surface area contributed by atoms with E-state index in [1.807, 2.05) is 54.2 Å². The lowest BCUT2D eigenvalue weighted by Crippen LogP contribution is -2.20. The highest BCUT2D eigenvalue weighted by Crippen LogP contribution is 2.27. The first-order valence-corrected chi connectivity index (χ1v) is 8.55. The SMILES string of the molecule is Cn1cccc1CC(=O)N/N=C\c1c2ccccc2cc2ccccc12. The summed E-state index contributed by atoms with van der Waals surface area (Å²) in [6.45, 7) is 0. The molecule has 0 aliphatic rings. The van der Waals surface area contributed by atoms with Crippen molar-refractivity contribution in [3.8, 4) is 0 Å². The van der Waals surface area contributed by atoms with Crippen LogP contribution in [0.1, 0.15) is 11.3 Å². The van der Waals surface area contributed by atoms with E-state index < -0.39 is 0 Å². The number of nitrogens with zero attached hydrogens (tertiary/aromatic N) is 2. The summed E-state index contributed by atoms with van der Waals surface area (Å²) in [6, 6.07) is 22.5. The van der Waals surface area contributed by atoms with Gasteiger partial charge in [0.25, 0.3) is 0 Å². The smallest absolute Gasteiger partial charge is 0.245 e. The summed E-state index contributed by atoms with van der Waals surface area (Å²) in [5, 5.41) is 8.76. The lowest BCUT2D eigenvalue weighted by molar-refractivity contribution is -0.120. The van der Waals surface area contributed by atoms with Gasteiger partial charge in [-0.05, 0) is 39.7 Å². The first-order chi connectivity index (χ1) is 12.7. The van der Waals surface area contributed by atoms with E-state index in [1.165, 1.54) is 0 Å². The topological polar surface area (TPSA) is 46.4 Å². The van der Waals surface area contributed by atoms with Crippen molar-refractivity contribution in [2.75, 3.05) is 0 Å². The van der Waals surface area contributed by atoms with Crippen molar-refractivity contribution in [3.63, 3.8) is 0 Å². The minimum absolute atomic E-state index is 0.132. The summed E-state index contributed by atoms with van der Waals surface area (Å²) in [7, 11) is 1.92. The van der Waals surface area contributed by atoms with Crippen LogP contribution in [0, 0.1) is 0 Å². The van der Waals surface area contributed by atoms with Crippen LogP contribution in [0.5, 0.6) is 0 Å². The zero-order valence-corrected chi connectivity index (χ0v) is 14.5. The number of amides is 1. The quantitative estimate of drug-likeness (QED) is 0.340. The van der Waals surface area contributed by atoms with Crippen LogP contribution in [0.25, 0.3) is 21.5 Å². The lowest BCUT2D eigenvalue weighted by atomic mass is 9.97. The number of nitrogens with one attached hydrogen (secondary N) is 1. The second-order valence-corrected chi connectivity index (χ2v) is 6.31. The maximum atomic E-state index is 12.1.